The Bertz CT molecular complexity index is 593. The van der Waals surface area contributed by atoms with Crippen molar-refractivity contribution in [1.29, 1.82) is 0 Å². The van der Waals surface area contributed by atoms with E-state index in [1.54, 1.807) is 0 Å². The van der Waals surface area contributed by atoms with Crippen LogP contribution in [0, 0.1) is 0 Å². The van der Waals surface area contributed by atoms with Gasteiger partial charge in [-0.25, -0.2) is 0 Å². The molecule has 0 bridgehead atoms. The Morgan fingerprint density at radius 1 is 0.810 bits per heavy atom. The lowest BCUT2D eigenvalue weighted by Gasteiger charge is -2.36. The van der Waals surface area contributed by atoms with Crippen LogP contribution < -0.4 is 4.90 Å². The third-order valence-electron chi connectivity index (χ3n) is 3.92. The van der Waals surface area contributed by atoms with Gasteiger partial charge >= 0.3 is 0 Å². The summed E-state index contributed by atoms with van der Waals surface area (Å²) in [6, 6.07) is 16.4. The highest BCUT2D eigenvalue weighted by Gasteiger charge is 2.18. The van der Waals surface area contributed by atoms with Crippen molar-refractivity contribution in [2.45, 2.75) is 6.54 Å². The Balaban J connectivity index is 1.60. The average molecular weight is 321 g/mol. The first-order valence-electron chi connectivity index (χ1n) is 7.19. The predicted octanol–water partition coefficient (Wildman–Crippen LogP) is 4.32. The summed E-state index contributed by atoms with van der Waals surface area (Å²) in [4.78, 5) is 4.85. The van der Waals surface area contributed by atoms with E-state index in [0.29, 0.717) is 10.0 Å². The van der Waals surface area contributed by atoms with Gasteiger partial charge in [-0.2, -0.15) is 0 Å². The van der Waals surface area contributed by atoms with Crippen LogP contribution in [0.4, 0.5) is 5.69 Å². The topological polar surface area (TPSA) is 6.48 Å². The second kappa shape index (κ2) is 6.69. The van der Waals surface area contributed by atoms with Crippen LogP contribution in [0.1, 0.15) is 5.56 Å². The van der Waals surface area contributed by atoms with Crippen LogP contribution >= 0.6 is 23.2 Å². The van der Waals surface area contributed by atoms with Crippen molar-refractivity contribution in [3.8, 4) is 0 Å². The first-order valence-corrected chi connectivity index (χ1v) is 7.95. The van der Waals surface area contributed by atoms with Crippen LogP contribution in [-0.4, -0.2) is 31.1 Å². The van der Waals surface area contributed by atoms with Crippen LogP contribution in [0.25, 0.3) is 0 Å². The number of piperazine rings is 1. The molecule has 0 spiro atoms. The molecule has 110 valence electrons. The van der Waals surface area contributed by atoms with E-state index in [-0.39, 0.29) is 0 Å². The molecule has 1 saturated heterocycles. The molecule has 2 aromatic rings. The maximum Gasteiger partial charge on any atom is 0.0637 e. The number of hydrogen-bond donors (Lipinski definition) is 0. The summed E-state index contributed by atoms with van der Waals surface area (Å²) in [7, 11) is 0. The largest absolute Gasteiger partial charge is 0.369 e. The zero-order valence-electron chi connectivity index (χ0n) is 11.8. The van der Waals surface area contributed by atoms with Gasteiger partial charge in [0.05, 0.1) is 10.0 Å². The fourth-order valence-corrected chi connectivity index (χ4v) is 3.09. The second-order valence-electron chi connectivity index (χ2n) is 5.31. The molecular formula is C17H18Cl2N2. The van der Waals surface area contributed by atoms with Crippen LogP contribution in [-0.2, 0) is 6.54 Å². The smallest absolute Gasteiger partial charge is 0.0637 e. The fraction of sp³-hybridized carbons (Fsp3) is 0.294. The lowest BCUT2D eigenvalue weighted by molar-refractivity contribution is 0.250. The average Bonchev–Trinajstić information content (AvgIpc) is 2.53. The molecule has 1 aliphatic heterocycles. The Kier molecular flexibility index (Phi) is 4.69. The molecule has 0 atom stereocenters. The SMILES string of the molecule is Clc1cccc(CN2CCN(c3ccccc3)CC2)c1Cl. The van der Waals surface area contributed by atoms with Gasteiger partial charge in [0, 0.05) is 38.4 Å². The maximum absolute atomic E-state index is 6.27. The van der Waals surface area contributed by atoms with E-state index in [2.05, 4.69) is 46.2 Å². The quantitative estimate of drug-likeness (QED) is 0.831. The second-order valence-corrected chi connectivity index (χ2v) is 6.10. The molecule has 0 amide bonds. The third kappa shape index (κ3) is 3.52. The number of nitrogens with zero attached hydrogens (tertiary/aromatic N) is 2. The van der Waals surface area contributed by atoms with Crippen molar-refractivity contribution in [3.63, 3.8) is 0 Å². The van der Waals surface area contributed by atoms with E-state index in [9.17, 15) is 0 Å². The zero-order valence-corrected chi connectivity index (χ0v) is 13.3. The van der Waals surface area contributed by atoms with Crippen molar-refractivity contribution in [2.24, 2.45) is 0 Å². The molecule has 2 nitrogen and oxygen atoms in total. The Labute approximate surface area is 135 Å². The van der Waals surface area contributed by atoms with Gasteiger partial charge in [-0.05, 0) is 23.8 Å². The van der Waals surface area contributed by atoms with E-state index in [1.165, 1.54) is 5.69 Å². The van der Waals surface area contributed by atoms with Gasteiger partial charge in [0.15, 0.2) is 0 Å². The summed E-state index contributed by atoms with van der Waals surface area (Å²) in [5.74, 6) is 0. The molecule has 1 aliphatic rings. The summed E-state index contributed by atoms with van der Waals surface area (Å²) in [6.07, 6.45) is 0. The highest BCUT2D eigenvalue weighted by Crippen LogP contribution is 2.27. The van der Waals surface area contributed by atoms with Gasteiger partial charge in [0.2, 0.25) is 0 Å². The van der Waals surface area contributed by atoms with Crippen LogP contribution in [0.15, 0.2) is 48.5 Å². The van der Waals surface area contributed by atoms with E-state index < -0.39 is 0 Å². The summed E-state index contributed by atoms with van der Waals surface area (Å²) >= 11 is 12.3. The molecule has 4 heteroatoms. The van der Waals surface area contributed by atoms with Crippen molar-refractivity contribution in [2.75, 3.05) is 31.1 Å². The Morgan fingerprint density at radius 3 is 2.24 bits per heavy atom. The molecule has 0 N–H and O–H groups in total. The number of rotatable bonds is 3. The van der Waals surface area contributed by atoms with Crippen molar-refractivity contribution >= 4 is 28.9 Å². The Morgan fingerprint density at radius 2 is 1.52 bits per heavy atom. The summed E-state index contributed by atoms with van der Waals surface area (Å²) in [5.41, 5.74) is 2.41. The maximum atomic E-state index is 6.27. The third-order valence-corrected chi connectivity index (χ3v) is 4.78. The minimum atomic E-state index is 0.636. The standard InChI is InChI=1S/C17H18Cl2N2/c18-16-8-4-5-14(17(16)19)13-20-9-11-21(12-10-20)15-6-2-1-3-7-15/h1-8H,9-13H2. The van der Waals surface area contributed by atoms with Gasteiger partial charge in [-0.3, -0.25) is 4.90 Å². The van der Waals surface area contributed by atoms with E-state index in [4.69, 9.17) is 23.2 Å². The molecule has 1 fully saturated rings. The highest BCUT2D eigenvalue weighted by molar-refractivity contribution is 6.42. The van der Waals surface area contributed by atoms with Gasteiger partial charge < -0.3 is 4.90 Å². The van der Waals surface area contributed by atoms with Gasteiger partial charge in [-0.15, -0.1) is 0 Å². The van der Waals surface area contributed by atoms with Gasteiger partial charge in [0.25, 0.3) is 0 Å². The summed E-state index contributed by atoms with van der Waals surface area (Å²) in [6.45, 7) is 5.03. The zero-order chi connectivity index (χ0) is 14.7. The molecule has 1 heterocycles. The monoisotopic (exact) mass is 320 g/mol. The van der Waals surface area contributed by atoms with Crippen LogP contribution in [0.3, 0.4) is 0 Å². The molecule has 0 aliphatic carbocycles. The summed E-state index contributed by atoms with van der Waals surface area (Å²) in [5, 5.41) is 1.32. The molecule has 2 aromatic carbocycles. The van der Waals surface area contributed by atoms with Crippen molar-refractivity contribution in [1.82, 2.24) is 4.90 Å². The molecule has 0 aromatic heterocycles. The van der Waals surface area contributed by atoms with Gasteiger partial charge in [0.1, 0.15) is 0 Å². The summed E-state index contributed by atoms with van der Waals surface area (Å²) < 4.78 is 0. The molecule has 0 unspecified atom stereocenters. The van der Waals surface area contributed by atoms with Crippen molar-refractivity contribution < 1.29 is 0 Å². The minimum absolute atomic E-state index is 0.636. The lowest BCUT2D eigenvalue weighted by Crippen LogP contribution is -2.46. The highest BCUT2D eigenvalue weighted by atomic mass is 35.5. The Hall–Kier alpha value is -1.22. The minimum Gasteiger partial charge on any atom is -0.369 e. The molecule has 21 heavy (non-hydrogen) atoms. The fourth-order valence-electron chi connectivity index (χ4n) is 2.71. The number of halogens is 2. The number of benzene rings is 2. The number of hydrogen-bond acceptors (Lipinski definition) is 2. The van der Waals surface area contributed by atoms with Crippen LogP contribution in [0.5, 0.6) is 0 Å². The normalized spacial score (nSPS) is 16.2. The number of anilines is 1. The first-order chi connectivity index (χ1) is 10.2. The first kappa shape index (κ1) is 14.7. The van der Waals surface area contributed by atoms with E-state index in [1.807, 2.05) is 12.1 Å². The predicted molar refractivity (Wildman–Crippen MR) is 90.4 cm³/mol. The van der Waals surface area contributed by atoms with E-state index in [0.717, 1.165) is 38.3 Å². The lowest BCUT2D eigenvalue weighted by atomic mass is 10.2. The molecule has 0 saturated carbocycles. The van der Waals surface area contributed by atoms with Gasteiger partial charge in [-0.1, -0.05) is 53.5 Å². The molecule has 3 rings (SSSR count). The van der Waals surface area contributed by atoms with Crippen molar-refractivity contribution in [3.05, 3.63) is 64.1 Å². The van der Waals surface area contributed by atoms with Crippen LogP contribution in [0.2, 0.25) is 10.0 Å². The number of para-hydroxylation sites is 1. The molecular weight excluding hydrogens is 303 g/mol. The molecule has 0 radical (unpaired) electrons. The van der Waals surface area contributed by atoms with E-state index >= 15 is 0 Å².